The lowest BCUT2D eigenvalue weighted by Crippen LogP contribution is -2.28. The molecule has 1 unspecified atom stereocenters. The van der Waals surface area contributed by atoms with Crippen LogP contribution in [0.25, 0.3) is 11.4 Å². The van der Waals surface area contributed by atoms with Crippen molar-refractivity contribution in [1.82, 2.24) is 15.5 Å². The number of hydrogen-bond donors (Lipinski definition) is 1. The van der Waals surface area contributed by atoms with Gasteiger partial charge in [0.2, 0.25) is 17.6 Å². The minimum absolute atomic E-state index is 0.142. The van der Waals surface area contributed by atoms with E-state index in [4.69, 9.17) is 4.52 Å². The van der Waals surface area contributed by atoms with Crippen LogP contribution in [0, 0.1) is 5.82 Å². The van der Waals surface area contributed by atoms with E-state index in [0.29, 0.717) is 17.3 Å². The molecule has 25 heavy (non-hydrogen) atoms. The van der Waals surface area contributed by atoms with Crippen LogP contribution in [-0.4, -0.2) is 16.0 Å². The van der Waals surface area contributed by atoms with E-state index in [1.807, 2.05) is 24.3 Å². The molecule has 1 aromatic heterocycles. The average molecular weight is 404 g/mol. The van der Waals surface area contributed by atoms with E-state index in [1.54, 1.807) is 19.1 Å². The second-order valence-corrected chi connectivity index (χ2v) is 6.47. The van der Waals surface area contributed by atoms with E-state index in [2.05, 4.69) is 31.4 Å². The molecule has 3 aromatic rings. The third-order valence-corrected chi connectivity index (χ3v) is 4.10. The summed E-state index contributed by atoms with van der Waals surface area (Å²) in [5.74, 6) is 0.171. The first-order chi connectivity index (χ1) is 12.0. The van der Waals surface area contributed by atoms with E-state index in [-0.39, 0.29) is 18.1 Å². The Balaban J connectivity index is 1.63. The smallest absolute Gasteiger partial charge is 0.249 e. The maximum absolute atomic E-state index is 13.0. The SMILES string of the molecule is CC(NC(=O)Cc1ccc(Br)cc1)c1nc(-c2ccc(F)cc2)no1. The maximum atomic E-state index is 13.0. The van der Waals surface area contributed by atoms with Crippen LogP contribution in [0.2, 0.25) is 0 Å². The summed E-state index contributed by atoms with van der Waals surface area (Å²) in [4.78, 5) is 16.4. The number of rotatable bonds is 5. The van der Waals surface area contributed by atoms with Crippen LogP contribution >= 0.6 is 15.9 Å². The monoisotopic (exact) mass is 403 g/mol. The Morgan fingerprint density at radius 1 is 1.20 bits per heavy atom. The predicted molar refractivity (Wildman–Crippen MR) is 94.1 cm³/mol. The highest BCUT2D eigenvalue weighted by Gasteiger charge is 2.17. The number of carbonyl (C=O) groups is 1. The lowest BCUT2D eigenvalue weighted by molar-refractivity contribution is -0.121. The summed E-state index contributed by atoms with van der Waals surface area (Å²) in [7, 11) is 0. The summed E-state index contributed by atoms with van der Waals surface area (Å²) < 4.78 is 19.1. The molecule has 0 saturated heterocycles. The Hall–Kier alpha value is -2.54. The fourth-order valence-corrected chi connectivity index (χ4v) is 2.53. The van der Waals surface area contributed by atoms with Gasteiger partial charge in [-0.15, -0.1) is 0 Å². The van der Waals surface area contributed by atoms with Crippen molar-refractivity contribution in [2.45, 2.75) is 19.4 Å². The summed E-state index contributed by atoms with van der Waals surface area (Å²) in [6.07, 6.45) is 0.260. The minimum atomic E-state index is -0.426. The summed E-state index contributed by atoms with van der Waals surface area (Å²) in [6, 6.07) is 12.9. The van der Waals surface area contributed by atoms with Crippen molar-refractivity contribution >= 4 is 21.8 Å². The third kappa shape index (κ3) is 4.51. The molecule has 0 bridgehead atoms. The lowest BCUT2D eigenvalue weighted by Gasteiger charge is -2.09. The number of amides is 1. The van der Waals surface area contributed by atoms with Gasteiger partial charge in [0.25, 0.3) is 0 Å². The molecule has 0 saturated carbocycles. The molecular weight excluding hydrogens is 389 g/mol. The minimum Gasteiger partial charge on any atom is -0.344 e. The van der Waals surface area contributed by atoms with Crippen LogP contribution in [-0.2, 0) is 11.2 Å². The van der Waals surface area contributed by atoms with Gasteiger partial charge in [0, 0.05) is 10.0 Å². The highest BCUT2D eigenvalue weighted by atomic mass is 79.9. The molecule has 1 heterocycles. The molecular formula is C18H15BrFN3O2. The predicted octanol–water partition coefficient (Wildman–Crippen LogP) is 4.06. The first-order valence-corrected chi connectivity index (χ1v) is 8.44. The van der Waals surface area contributed by atoms with Gasteiger partial charge in [-0.2, -0.15) is 4.98 Å². The Labute approximate surface area is 152 Å². The summed E-state index contributed by atoms with van der Waals surface area (Å²) in [5, 5.41) is 6.70. The standard InChI is InChI=1S/C18H15BrFN3O2/c1-11(21-16(24)10-12-2-6-14(19)7-3-12)18-22-17(23-25-18)13-4-8-15(20)9-5-13/h2-9,11H,10H2,1H3,(H,21,24). The quantitative estimate of drug-likeness (QED) is 0.697. The van der Waals surface area contributed by atoms with E-state index >= 15 is 0 Å². The fraction of sp³-hybridized carbons (Fsp3) is 0.167. The van der Waals surface area contributed by atoms with E-state index in [0.717, 1.165) is 10.0 Å². The molecule has 3 rings (SSSR count). The first kappa shape index (κ1) is 17.3. The molecule has 2 aromatic carbocycles. The van der Waals surface area contributed by atoms with Gasteiger partial charge in [-0.25, -0.2) is 4.39 Å². The van der Waals surface area contributed by atoms with Gasteiger partial charge in [0.1, 0.15) is 11.9 Å². The number of halogens is 2. The topological polar surface area (TPSA) is 68.0 Å². The molecule has 0 aliphatic heterocycles. The van der Waals surface area contributed by atoms with Gasteiger partial charge in [-0.1, -0.05) is 33.2 Å². The van der Waals surface area contributed by atoms with Crippen molar-refractivity contribution in [1.29, 1.82) is 0 Å². The molecule has 0 fully saturated rings. The molecule has 1 N–H and O–H groups in total. The van der Waals surface area contributed by atoms with Crippen molar-refractivity contribution in [3.63, 3.8) is 0 Å². The molecule has 0 spiro atoms. The number of nitrogens with one attached hydrogen (secondary N) is 1. The second kappa shape index (κ2) is 7.57. The Morgan fingerprint density at radius 2 is 1.88 bits per heavy atom. The van der Waals surface area contributed by atoms with Crippen LogP contribution in [0.3, 0.4) is 0 Å². The zero-order valence-corrected chi connectivity index (χ0v) is 15.0. The molecule has 7 heteroatoms. The van der Waals surface area contributed by atoms with Gasteiger partial charge >= 0.3 is 0 Å². The third-order valence-electron chi connectivity index (χ3n) is 3.57. The van der Waals surface area contributed by atoms with Crippen LogP contribution in [0.15, 0.2) is 57.5 Å². The van der Waals surface area contributed by atoms with E-state index in [9.17, 15) is 9.18 Å². The molecule has 128 valence electrons. The number of carbonyl (C=O) groups excluding carboxylic acids is 1. The normalized spacial score (nSPS) is 12.0. The van der Waals surface area contributed by atoms with Gasteiger partial charge < -0.3 is 9.84 Å². The van der Waals surface area contributed by atoms with Gasteiger partial charge in [0.15, 0.2) is 0 Å². The van der Waals surface area contributed by atoms with Crippen molar-refractivity contribution in [3.8, 4) is 11.4 Å². The van der Waals surface area contributed by atoms with Gasteiger partial charge in [0.05, 0.1) is 6.42 Å². The van der Waals surface area contributed by atoms with Crippen LogP contribution in [0.1, 0.15) is 24.4 Å². The number of benzene rings is 2. The first-order valence-electron chi connectivity index (χ1n) is 7.64. The summed E-state index contributed by atoms with van der Waals surface area (Å²) in [5.41, 5.74) is 1.55. The van der Waals surface area contributed by atoms with Crippen LogP contribution in [0.5, 0.6) is 0 Å². The average Bonchev–Trinajstić information content (AvgIpc) is 3.08. The molecule has 5 nitrogen and oxygen atoms in total. The van der Waals surface area contributed by atoms with Crippen LogP contribution in [0.4, 0.5) is 4.39 Å². The molecule has 1 amide bonds. The van der Waals surface area contributed by atoms with E-state index < -0.39 is 6.04 Å². The van der Waals surface area contributed by atoms with Crippen molar-refractivity contribution in [3.05, 3.63) is 70.3 Å². The molecule has 0 aliphatic carbocycles. The Morgan fingerprint density at radius 3 is 2.56 bits per heavy atom. The van der Waals surface area contributed by atoms with Gasteiger partial charge in [-0.05, 0) is 48.9 Å². The summed E-state index contributed by atoms with van der Waals surface area (Å²) in [6.45, 7) is 1.77. The maximum Gasteiger partial charge on any atom is 0.249 e. The number of aromatic nitrogens is 2. The highest BCUT2D eigenvalue weighted by molar-refractivity contribution is 9.10. The number of hydrogen-bond acceptors (Lipinski definition) is 4. The molecule has 0 radical (unpaired) electrons. The molecule has 1 atom stereocenters. The largest absolute Gasteiger partial charge is 0.344 e. The Kier molecular flexibility index (Phi) is 5.23. The summed E-state index contributed by atoms with van der Waals surface area (Å²) >= 11 is 3.36. The van der Waals surface area contributed by atoms with Crippen molar-refractivity contribution in [2.75, 3.05) is 0 Å². The zero-order chi connectivity index (χ0) is 17.8. The van der Waals surface area contributed by atoms with E-state index in [1.165, 1.54) is 12.1 Å². The second-order valence-electron chi connectivity index (χ2n) is 5.56. The fourth-order valence-electron chi connectivity index (χ4n) is 2.27. The van der Waals surface area contributed by atoms with Crippen molar-refractivity contribution in [2.24, 2.45) is 0 Å². The molecule has 0 aliphatic rings. The zero-order valence-electron chi connectivity index (χ0n) is 13.4. The van der Waals surface area contributed by atoms with Crippen molar-refractivity contribution < 1.29 is 13.7 Å². The van der Waals surface area contributed by atoms with Crippen LogP contribution < -0.4 is 5.32 Å². The lowest BCUT2D eigenvalue weighted by atomic mass is 10.1. The Bertz CT molecular complexity index is 863. The van der Waals surface area contributed by atoms with Gasteiger partial charge in [-0.3, -0.25) is 4.79 Å². The highest BCUT2D eigenvalue weighted by Crippen LogP contribution is 2.19. The number of nitrogens with zero attached hydrogens (tertiary/aromatic N) is 2.